The molecule has 17 heavy (non-hydrogen) atoms. The summed E-state index contributed by atoms with van der Waals surface area (Å²) in [5.74, 6) is 2.63. The molecule has 0 bridgehead atoms. The molecule has 0 fully saturated rings. The predicted octanol–water partition coefficient (Wildman–Crippen LogP) is 2.15. The van der Waals surface area contributed by atoms with Crippen molar-refractivity contribution in [1.82, 2.24) is 5.32 Å². The van der Waals surface area contributed by atoms with Crippen LogP contribution in [0.2, 0.25) is 0 Å². The van der Waals surface area contributed by atoms with E-state index in [1.807, 2.05) is 6.07 Å². The quantitative estimate of drug-likeness (QED) is 0.875. The van der Waals surface area contributed by atoms with Gasteiger partial charge in [0, 0.05) is 12.5 Å². The maximum Gasteiger partial charge on any atom is 0.119 e. The van der Waals surface area contributed by atoms with Gasteiger partial charge in [0.2, 0.25) is 0 Å². The van der Waals surface area contributed by atoms with Crippen LogP contribution >= 0.6 is 12.4 Å². The Morgan fingerprint density at radius 3 is 3.00 bits per heavy atom. The molecule has 1 unspecified atom stereocenters. The average Bonchev–Trinajstić information content (AvgIpc) is 2.96. The Bertz CT molecular complexity index is 445. The van der Waals surface area contributed by atoms with Gasteiger partial charge in [-0.1, -0.05) is 6.07 Å². The minimum atomic E-state index is 0. The van der Waals surface area contributed by atoms with Crippen molar-refractivity contribution in [3.8, 4) is 5.75 Å². The standard InChI is InChI=1S/C13H16N2O.ClH/c1-16-10-3-5-11-9(8-10)2-4-12(11)13-14-6-7-15-13;/h3,5,8,12H,2,4,6-7H2,1H3,(H,14,15);1H. The lowest BCUT2D eigenvalue weighted by Gasteiger charge is -2.12. The third-order valence-corrected chi connectivity index (χ3v) is 3.46. The van der Waals surface area contributed by atoms with Crippen molar-refractivity contribution in [3.05, 3.63) is 29.3 Å². The number of fused-ring (bicyclic) bond motifs is 1. The molecule has 2 aliphatic rings. The molecule has 1 heterocycles. The number of hydrogen-bond acceptors (Lipinski definition) is 3. The van der Waals surface area contributed by atoms with E-state index in [1.165, 1.54) is 23.4 Å². The zero-order valence-corrected chi connectivity index (χ0v) is 10.7. The van der Waals surface area contributed by atoms with Crippen LogP contribution in [-0.4, -0.2) is 26.0 Å². The van der Waals surface area contributed by atoms with E-state index in [0.29, 0.717) is 5.92 Å². The van der Waals surface area contributed by atoms with Gasteiger partial charge in [-0.3, -0.25) is 4.99 Å². The van der Waals surface area contributed by atoms with Crippen molar-refractivity contribution in [1.29, 1.82) is 0 Å². The van der Waals surface area contributed by atoms with Crippen LogP contribution in [0.25, 0.3) is 0 Å². The van der Waals surface area contributed by atoms with Crippen LogP contribution in [0, 0.1) is 0 Å². The molecule has 3 rings (SSSR count). The third-order valence-electron chi connectivity index (χ3n) is 3.46. The Morgan fingerprint density at radius 2 is 2.29 bits per heavy atom. The van der Waals surface area contributed by atoms with Crippen molar-refractivity contribution in [2.45, 2.75) is 18.8 Å². The fraction of sp³-hybridized carbons (Fsp3) is 0.462. The maximum atomic E-state index is 5.25. The van der Waals surface area contributed by atoms with Crippen LogP contribution in [0.1, 0.15) is 23.5 Å². The van der Waals surface area contributed by atoms with Crippen LogP contribution < -0.4 is 10.1 Å². The van der Waals surface area contributed by atoms with Gasteiger partial charge in [0.05, 0.1) is 13.7 Å². The van der Waals surface area contributed by atoms with Gasteiger partial charge in [0.1, 0.15) is 11.6 Å². The molecule has 3 nitrogen and oxygen atoms in total. The Morgan fingerprint density at radius 1 is 1.41 bits per heavy atom. The minimum absolute atomic E-state index is 0. The number of methoxy groups -OCH3 is 1. The monoisotopic (exact) mass is 252 g/mol. The van der Waals surface area contributed by atoms with Gasteiger partial charge in [-0.15, -0.1) is 12.4 Å². The van der Waals surface area contributed by atoms with Crippen LogP contribution in [0.3, 0.4) is 0 Å². The molecule has 92 valence electrons. The number of hydrogen-bond donors (Lipinski definition) is 1. The van der Waals surface area contributed by atoms with E-state index in [4.69, 9.17) is 4.74 Å². The second-order valence-corrected chi connectivity index (χ2v) is 4.35. The van der Waals surface area contributed by atoms with Gasteiger partial charge in [0.25, 0.3) is 0 Å². The number of halogens is 1. The van der Waals surface area contributed by atoms with E-state index in [0.717, 1.165) is 25.3 Å². The fourth-order valence-electron chi connectivity index (χ4n) is 2.65. The van der Waals surface area contributed by atoms with Crippen LogP contribution in [0.4, 0.5) is 0 Å². The molecule has 1 aromatic carbocycles. The summed E-state index contributed by atoms with van der Waals surface area (Å²) in [5, 5.41) is 3.39. The average molecular weight is 253 g/mol. The van der Waals surface area contributed by atoms with Crippen molar-refractivity contribution in [2.75, 3.05) is 20.2 Å². The van der Waals surface area contributed by atoms with E-state index in [2.05, 4.69) is 22.4 Å². The van der Waals surface area contributed by atoms with Gasteiger partial charge in [-0.25, -0.2) is 0 Å². The molecule has 1 atom stereocenters. The van der Waals surface area contributed by atoms with Gasteiger partial charge < -0.3 is 10.1 Å². The highest BCUT2D eigenvalue weighted by Crippen LogP contribution is 2.36. The molecular weight excluding hydrogens is 236 g/mol. The molecule has 0 radical (unpaired) electrons. The second-order valence-electron chi connectivity index (χ2n) is 4.35. The lowest BCUT2D eigenvalue weighted by atomic mass is 10.00. The number of aryl methyl sites for hydroxylation is 1. The van der Waals surface area contributed by atoms with Crippen molar-refractivity contribution >= 4 is 18.2 Å². The zero-order chi connectivity index (χ0) is 11.0. The second kappa shape index (κ2) is 4.96. The van der Waals surface area contributed by atoms with Crippen molar-refractivity contribution in [3.63, 3.8) is 0 Å². The number of benzene rings is 1. The topological polar surface area (TPSA) is 33.6 Å². The first kappa shape index (κ1) is 12.2. The number of ether oxygens (including phenoxy) is 1. The normalized spacial score (nSPS) is 21.2. The molecule has 0 spiro atoms. The lowest BCUT2D eigenvalue weighted by Crippen LogP contribution is -2.24. The minimum Gasteiger partial charge on any atom is -0.497 e. The molecule has 0 aromatic heterocycles. The summed E-state index contributed by atoms with van der Waals surface area (Å²) in [6.45, 7) is 1.93. The van der Waals surface area contributed by atoms with E-state index < -0.39 is 0 Å². The first-order valence-corrected chi connectivity index (χ1v) is 5.83. The largest absolute Gasteiger partial charge is 0.497 e. The zero-order valence-electron chi connectivity index (χ0n) is 9.90. The number of nitrogens with zero attached hydrogens (tertiary/aromatic N) is 1. The Labute approximate surface area is 108 Å². The Balaban J connectivity index is 0.00000108. The summed E-state index contributed by atoms with van der Waals surface area (Å²) < 4.78 is 5.25. The predicted molar refractivity (Wildman–Crippen MR) is 71.6 cm³/mol. The molecule has 0 saturated heterocycles. The Hall–Kier alpha value is -1.22. The van der Waals surface area contributed by atoms with Crippen molar-refractivity contribution in [2.24, 2.45) is 4.99 Å². The van der Waals surface area contributed by atoms with Crippen molar-refractivity contribution < 1.29 is 4.74 Å². The van der Waals surface area contributed by atoms with Gasteiger partial charge >= 0.3 is 0 Å². The summed E-state index contributed by atoms with van der Waals surface area (Å²) in [7, 11) is 1.72. The first-order chi connectivity index (χ1) is 7.88. The van der Waals surface area contributed by atoms with Gasteiger partial charge in [-0.2, -0.15) is 0 Å². The molecule has 1 aliphatic heterocycles. The number of nitrogens with one attached hydrogen (secondary N) is 1. The Kier molecular flexibility index (Phi) is 3.57. The number of aliphatic imine (C=N–C) groups is 1. The molecule has 1 aliphatic carbocycles. The summed E-state index contributed by atoms with van der Waals surface area (Å²) in [6.07, 6.45) is 2.31. The maximum absolute atomic E-state index is 5.25. The highest BCUT2D eigenvalue weighted by atomic mass is 35.5. The molecule has 0 saturated carbocycles. The van der Waals surface area contributed by atoms with Crippen LogP contribution in [0.5, 0.6) is 5.75 Å². The first-order valence-electron chi connectivity index (χ1n) is 5.83. The lowest BCUT2D eigenvalue weighted by molar-refractivity contribution is 0.414. The molecule has 1 aromatic rings. The summed E-state index contributed by atoms with van der Waals surface area (Å²) >= 11 is 0. The SMILES string of the molecule is COc1ccc2c(c1)CCC2C1=NCCN1.Cl. The summed E-state index contributed by atoms with van der Waals surface area (Å²) in [6, 6.07) is 6.39. The third kappa shape index (κ3) is 2.12. The van der Waals surface area contributed by atoms with Crippen LogP contribution in [-0.2, 0) is 6.42 Å². The van der Waals surface area contributed by atoms with Gasteiger partial charge in [-0.05, 0) is 36.1 Å². The van der Waals surface area contributed by atoms with Gasteiger partial charge in [0.15, 0.2) is 0 Å². The fourth-order valence-corrected chi connectivity index (χ4v) is 2.65. The highest BCUT2D eigenvalue weighted by Gasteiger charge is 2.28. The summed E-state index contributed by atoms with van der Waals surface area (Å²) in [4.78, 5) is 4.53. The van der Waals surface area contributed by atoms with E-state index >= 15 is 0 Å². The molecular formula is C13H17ClN2O. The molecule has 1 N–H and O–H groups in total. The van der Waals surface area contributed by atoms with Crippen LogP contribution in [0.15, 0.2) is 23.2 Å². The van der Waals surface area contributed by atoms with E-state index in [-0.39, 0.29) is 12.4 Å². The molecule has 4 heteroatoms. The number of amidine groups is 1. The van der Waals surface area contributed by atoms with E-state index in [9.17, 15) is 0 Å². The molecule has 0 amide bonds. The highest BCUT2D eigenvalue weighted by molar-refractivity contribution is 5.91. The van der Waals surface area contributed by atoms with E-state index in [1.54, 1.807) is 7.11 Å². The summed E-state index contributed by atoms with van der Waals surface area (Å²) in [5.41, 5.74) is 2.84. The number of rotatable bonds is 2. The smallest absolute Gasteiger partial charge is 0.119 e.